The first-order valence-electron chi connectivity index (χ1n) is 5.04. The third kappa shape index (κ3) is 4.91. The number of carbonyl (C=O) groups excluding carboxylic acids is 2. The molecular formula is C12H12FNO2S. The summed E-state index contributed by atoms with van der Waals surface area (Å²) in [5.41, 5.74) is 0.527. The lowest BCUT2D eigenvalue weighted by molar-refractivity contribution is -0.109. The van der Waals surface area contributed by atoms with Gasteiger partial charge in [-0.25, -0.2) is 4.39 Å². The SMILES string of the molecule is CC(=O)SCCC=Cc1cc(C=O)c(F)cn1. The van der Waals surface area contributed by atoms with Crippen molar-refractivity contribution in [2.75, 3.05) is 5.75 Å². The van der Waals surface area contributed by atoms with Crippen molar-refractivity contribution in [3.63, 3.8) is 0 Å². The Kier molecular flexibility index (Phi) is 5.56. The summed E-state index contributed by atoms with van der Waals surface area (Å²) in [5.74, 6) is 0.0809. The van der Waals surface area contributed by atoms with E-state index in [0.717, 1.165) is 12.6 Å². The van der Waals surface area contributed by atoms with E-state index in [1.165, 1.54) is 24.8 Å². The van der Waals surface area contributed by atoms with Crippen LogP contribution in [-0.2, 0) is 4.79 Å². The molecule has 90 valence electrons. The Bertz CT molecular complexity index is 446. The third-order valence-corrected chi connectivity index (χ3v) is 2.76. The minimum Gasteiger partial charge on any atom is -0.298 e. The molecule has 0 atom stereocenters. The summed E-state index contributed by atoms with van der Waals surface area (Å²) in [6.45, 7) is 1.52. The highest BCUT2D eigenvalue weighted by molar-refractivity contribution is 8.13. The number of aldehydes is 1. The molecule has 1 heterocycles. The maximum Gasteiger partial charge on any atom is 0.185 e. The van der Waals surface area contributed by atoms with Crippen molar-refractivity contribution in [2.45, 2.75) is 13.3 Å². The predicted molar refractivity (Wildman–Crippen MR) is 66.4 cm³/mol. The minimum atomic E-state index is -0.621. The van der Waals surface area contributed by atoms with Crippen LogP contribution in [0.2, 0.25) is 0 Å². The molecule has 1 aromatic heterocycles. The van der Waals surface area contributed by atoms with Crippen LogP contribution in [0.25, 0.3) is 6.08 Å². The number of rotatable bonds is 5. The van der Waals surface area contributed by atoms with Gasteiger partial charge in [-0.15, -0.1) is 0 Å². The van der Waals surface area contributed by atoms with Gasteiger partial charge in [0.25, 0.3) is 0 Å². The van der Waals surface area contributed by atoms with E-state index >= 15 is 0 Å². The summed E-state index contributed by atoms with van der Waals surface area (Å²) < 4.78 is 12.9. The van der Waals surface area contributed by atoms with Crippen LogP contribution in [0.15, 0.2) is 18.3 Å². The van der Waals surface area contributed by atoms with Gasteiger partial charge in [0, 0.05) is 12.7 Å². The van der Waals surface area contributed by atoms with E-state index in [0.29, 0.717) is 17.7 Å². The Morgan fingerprint density at radius 2 is 2.35 bits per heavy atom. The molecular weight excluding hydrogens is 241 g/mol. The van der Waals surface area contributed by atoms with E-state index in [1.54, 1.807) is 6.08 Å². The zero-order valence-electron chi connectivity index (χ0n) is 9.35. The first kappa shape index (κ1) is 13.6. The van der Waals surface area contributed by atoms with Gasteiger partial charge in [-0.3, -0.25) is 14.6 Å². The monoisotopic (exact) mass is 253 g/mol. The standard InChI is InChI=1S/C12H12FNO2S/c1-9(16)17-5-3-2-4-11-6-10(8-15)12(13)7-14-11/h2,4,6-8H,3,5H2,1H3. The van der Waals surface area contributed by atoms with Crippen molar-refractivity contribution in [3.05, 3.63) is 35.4 Å². The number of pyridine rings is 1. The number of thioether (sulfide) groups is 1. The number of nitrogens with zero attached hydrogens (tertiary/aromatic N) is 1. The lowest BCUT2D eigenvalue weighted by Gasteiger charge is -1.96. The molecule has 0 aliphatic heterocycles. The van der Waals surface area contributed by atoms with E-state index in [4.69, 9.17) is 0 Å². The second-order valence-electron chi connectivity index (χ2n) is 3.28. The summed E-state index contributed by atoms with van der Waals surface area (Å²) in [5, 5.41) is 0.0848. The number of hydrogen-bond donors (Lipinski definition) is 0. The first-order chi connectivity index (χ1) is 8.13. The second kappa shape index (κ2) is 6.96. The number of hydrogen-bond acceptors (Lipinski definition) is 4. The highest BCUT2D eigenvalue weighted by Crippen LogP contribution is 2.08. The highest BCUT2D eigenvalue weighted by atomic mass is 32.2. The Morgan fingerprint density at radius 1 is 1.59 bits per heavy atom. The fourth-order valence-corrected chi connectivity index (χ4v) is 1.67. The molecule has 0 saturated heterocycles. The van der Waals surface area contributed by atoms with Gasteiger partial charge in [0.15, 0.2) is 17.2 Å². The predicted octanol–water partition coefficient (Wildman–Crippen LogP) is 2.72. The van der Waals surface area contributed by atoms with Crippen LogP contribution in [0.4, 0.5) is 4.39 Å². The molecule has 0 aromatic carbocycles. The van der Waals surface area contributed by atoms with E-state index < -0.39 is 5.82 Å². The molecule has 1 rings (SSSR count). The molecule has 0 aliphatic rings. The quantitative estimate of drug-likeness (QED) is 0.598. The average molecular weight is 253 g/mol. The van der Waals surface area contributed by atoms with Crippen molar-refractivity contribution in [1.82, 2.24) is 4.98 Å². The van der Waals surface area contributed by atoms with Gasteiger partial charge in [0.1, 0.15) is 0 Å². The number of carbonyl (C=O) groups is 2. The Hall–Kier alpha value is -1.49. The smallest absolute Gasteiger partial charge is 0.185 e. The van der Waals surface area contributed by atoms with Gasteiger partial charge in [0.2, 0.25) is 0 Å². The lowest BCUT2D eigenvalue weighted by Crippen LogP contribution is -1.91. The molecule has 0 amide bonds. The van der Waals surface area contributed by atoms with Crippen molar-refractivity contribution in [1.29, 1.82) is 0 Å². The molecule has 17 heavy (non-hydrogen) atoms. The fraction of sp³-hybridized carbons (Fsp3) is 0.250. The maximum atomic E-state index is 12.9. The van der Waals surface area contributed by atoms with Crippen LogP contribution in [-0.4, -0.2) is 22.1 Å². The van der Waals surface area contributed by atoms with Crippen molar-refractivity contribution >= 4 is 29.2 Å². The van der Waals surface area contributed by atoms with Crippen molar-refractivity contribution in [3.8, 4) is 0 Å². The first-order valence-corrected chi connectivity index (χ1v) is 6.02. The van der Waals surface area contributed by atoms with E-state index in [9.17, 15) is 14.0 Å². The van der Waals surface area contributed by atoms with Crippen LogP contribution in [0.1, 0.15) is 29.4 Å². The zero-order valence-corrected chi connectivity index (χ0v) is 10.2. The van der Waals surface area contributed by atoms with E-state index in [1.807, 2.05) is 6.08 Å². The van der Waals surface area contributed by atoms with Gasteiger partial charge >= 0.3 is 0 Å². The molecule has 3 nitrogen and oxygen atoms in total. The molecule has 0 radical (unpaired) electrons. The van der Waals surface area contributed by atoms with Gasteiger partial charge in [-0.2, -0.15) is 0 Å². The summed E-state index contributed by atoms with van der Waals surface area (Å²) in [6, 6.07) is 1.39. The van der Waals surface area contributed by atoms with E-state index in [-0.39, 0.29) is 10.7 Å². The number of aromatic nitrogens is 1. The molecule has 0 spiro atoms. The number of allylic oxidation sites excluding steroid dienone is 1. The Balaban J connectivity index is 2.53. The van der Waals surface area contributed by atoms with Crippen molar-refractivity contribution in [2.24, 2.45) is 0 Å². The lowest BCUT2D eigenvalue weighted by atomic mass is 10.2. The maximum absolute atomic E-state index is 12.9. The third-order valence-electron chi connectivity index (χ3n) is 1.91. The van der Waals surface area contributed by atoms with Gasteiger partial charge in [0.05, 0.1) is 17.5 Å². The molecule has 0 unspecified atom stereocenters. The fourth-order valence-electron chi connectivity index (χ4n) is 1.13. The zero-order chi connectivity index (χ0) is 12.7. The van der Waals surface area contributed by atoms with Gasteiger partial charge < -0.3 is 0 Å². The molecule has 0 aliphatic carbocycles. The molecule has 0 bridgehead atoms. The van der Waals surface area contributed by atoms with Crippen LogP contribution in [0.5, 0.6) is 0 Å². The topological polar surface area (TPSA) is 47.0 Å². The molecule has 0 fully saturated rings. The van der Waals surface area contributed by atoms with Gasteiger partial charge in [-0.1, -0.05) is 17.8 Å². The van der Waals surface area contributed by atoms with Crippen LogP contribution < -0.4 is 0 Å². The van der Waals surface area contributed by atoms with Crippen LogP contribution >= 0.6 is 11.8 Å². The van der Waals surface area contributed by atoms with Crippen molar-refractivity contribution < 1.29 is 14.0 Å². The summed E-state index contributed by atoms with van der Waals surface area (Å²) in [6.07, 6.45) is 5.74. The Morgan fingerprint density at radius 3 is 3.00 bits per heavy atom. The Labute approximate surface area is 103 Å². The molecule has 1 aromatic rings. The van der Waals surface area contributed by atoms with Crippen LogP contribution in [0, 0.1) is 5.82 Å². The minimum absolute atomic E-state index is 0.00207. The molecule has 0 saturated carbocycles. The summed E-state index contributed by atoms with van der Waals surface area (Å²) in [7, 11) is 0. The second-order valence-corrected chi connectivity index (χ2v) is 4.55. The number of halogens is 1. The van der Waals surface area contributed by atoms with Gasteiger partial charge in [-0.05, 0) is 18.6 Å². The highest BCUT2D eigenvalue weighted by Gasteiger charge is 2.01. The summed E-state index contributed by atoms with van der Waals surface area (Å²) >= 11 is 1.25. The molecule has 5 heteroatoms. The molecule has 0 N–H and O–H groups in total. The van der Waals surface area contributed by atoms with Crippen LogP contribution in [0.3, 0.4) is 0 Å². The summed E-state index contributed by atoms with van der Waals surface area (Å²) in [4.78, 5) is 25.0. The van der Waals surface area contributed by atoms with E-state index in [2.05, 4.69) is 4.98 Å². The largest absolute Gasteiger partial charge is 0.298 e. The normalized spacial score (nSPS) is 10.7. The average Bonchev–Trinajstić information content (AvgIpc) is 2.30.